The minimum absolute atomic E-state index is 0.301. The first kappa shape index (κ1) is 15.9. The Morgan fingerprint density at radius 3 is 1.82 bits per heavy atom. The van der Waals surface area contributed by atoms with Gasteiger partial charge in [-0.1, -0.05) is 41.0 Å². The molecule has 0 bridgehead atoms. The van der Waals surface area contributed by atoms with Gasteiger partial charge in [-0.15, -0.1) is 0 Å². The molecule has 2 N–H and O–H groups in total. The molecule has 0 aromatic carbocycles. The van der Waals surface area contributed by atoms with Crippen molar-refractivity contribution in [2.24, 2.45) is 5.41 Å². The number of nitrogen functional groups attached to an aromatic ring is 1. The minimum atomic E-state index is 0.301. The van der Waals surface area contributed by atoms with E-state index in [2.05, 4.69) is 30.7 Å². The first-order chi connectivity index (χ1) is 7.85. The summed E-state index contributed by atoms with van der Waals surface area (Å²) >= 11 is 0. The van der Waals surface area contributed by atoms with Crippen LogP contribution in [0.1, 0.15) is 58.0 Å². The van der Waals surface area contributed by atoms with E-state index < -0.39 is 0 Å². The molecule has 0 aliphatic rings. The molecule has 1 aromatic heterocycles. The van der Waals surface area contributed by atoms with Crippen molar-refractivity contribution in [3.8, 4) is 0 Å². The highest BCUT2D eigenvalue weighted by Gasteiger charge is 2.19. The summed E-state index contributed by atoms with van der Waals surface area (Å²) in [6.07, 6.45) is 2.16. The molecular weight excluding hydrogens is 210 g/mol. The van der Waals surface area contributed by atoms with Crippen LogP contribution in [0.25, 0.3) is 0 Å². The van der Waals surface area contributed by atoms with Gasteiger partial charge in [-0.3, -0.25) is 0 Å². The van der Waals surface area contributed by atoms with E-state index >= 15 is 0 Å². The summed E-state index contributed by atoms with van der Waals surface area (Å²) in [5.74, 6) is 0.378. The average Bonchev–Trinajstić information content (AvgIpc) is 2.26. The lowest BCUT2D eigenvalue weighted by Gasteiger charge is -2.24. The average molecular weight is 237 g/mol. The number of hydrogen-bond acceptors (Lipinski definition) is 3. The second-order valence-corrected chi connectivity index (χ2v) is 4.93. The Kier molecular flexibility index (Phi) is 6.14. The molecule has 0 saturated heterocycles. The molecule has 0 amide bonds. The van der Waals surface area contributed by atoms with Crippen molar-refractivity contribution in [1.82, 2.24) is 9.97 Å². The van der Waals surface area contributed by atoms with E-state index in [1.807, 2.05) is 27.7 Å². The Labute approximate surface area is 106 Å². The van der Waals surface area contributed by atoms with Crippen LogP contribution in [0.4, 0.5) is 5.95 Å². The Hall–Kier alpha value is -1.12. The molecule has 98 valence electrons. The summed E-state index contributed by atoms with van der Waals surface area (Å²) < 4.78 is 0. The summed E-state index contributed by atoms with van der Waals surface area (Å²) in [6, 6.07) is 0. The molecule has 1 heterocycles. The van der Waals surface area contributed by atoms with Gasteiger partial charge in [0.25, 0.3) is 0 Å². The van der Waals surface area contributed by atoms with Gasteiger partial charge in [-0.25, -0.2) is 9.97 Å². The molecule has 0 aliphatic carbocycles. The molecule has 1 rings (SSSR count). The standard InChI is InChI=1S/C12H21N3.C2H6/c1-6-12(4,5)7-10-8(2)14-11(13)15-9(10)3;1-2/h6-7H2,1-5H3,(H2,13,14,15);1-2H3. The summed E-state index contributed by atoms with van der Waals surface area (Å²) in [7, 11) is 0. The van der Waals surface area contributed by atoms with Crippen LogP contribution in [-0.2, 0) is 6.42 Å². The fraction of sp³-hybridized carbons (Fsp3) is 0.714. The van der Waals surface area contributed by atoms with Crippen LogP contribution >= 0.6 is 0 Å². The topological polar surface area (TPSA) is 51.8 Å². The van der Waals surface area contributed by atoms with Crippen molar-refractivity contribution in [3.05, 3.63) is 17.0 Å². The second kappa shape index (κ2) is 6.58. The van der Waals surface area contributed by atoms with E-state index in [1.54, 1.807) is 0 Å². The minimum Gasteiger partial charge on any atom is -0.368 e. The van der Waals surface area contributed by atoms with Crippen LogP contribution < -0.4 is 5.73 Å². The molecule has 0 unspecified atom stereocenters. The smallest absolute Gasteiger partial charge is 0.220 e. The predicted molar refractivity (Wildman–Crippen MR) is 75.0 cm³/mol. The van der Waals surface area contributed by atoms with Crippen LogP contribution in [-0.4, -0.2) is 9.97 Å². The highest BCUT2D eigenvalue weighted by atomic mass is 15.0. The van der Waals surface area contributed by atoms with Crippen molar-refractivity contribution in [1.29, 1.82) is 0 Å². The van der Waals surface area contributed by atoms with Gasteiger partial charge < -0.3 is 5.73 Å². The molecule has 17 heavy (non-hydrogen) atoms. The monoisotopic (exact) mass is 237 g/mol. The molecule has 0 fully saturated rings. The second-order valence-electron chi connectivity index (χ2n) is 4.93. The third-order valence-electron chi connectivity index (χ3n) is 3.05. The number of rotatable bonds is 3. The van der Waals surface area contributed by atoms with Crippen molar-refractivity contribution in [2.75, 3.05) is 5.73 Å². The van der Waals surface area contributed by atoms with E-state index in [-0.39, 0.29) is 0 Å². The van der Waals surface area contributed by atoms with Gasteiger partial charge in [-0.05, 0) is 31.2 Å². The zero-order chi connectivity index (χ0) is 13.6. The Bertz CT molecular complexity index is 333. The Morgan fingerprint density at radius 2 is 1.47 bits per heavy atom. The number of nitrogens with zero attached hydrogens (tertiary/aromatic N) is 2. The SMILES string of the molecule is CC.CCC(C)(C)Cc1c(C)nc(N)nc1C. The maximum Gasteiger partial charge on any atom is 0.220 e. The first-order valence-electron chi connectivity index (χ1n) is 6.45. The number of nitrogens with two attached hydrogens (primary N) is 1. The molecule has 0 saturated carbocycles. The fourth-order valence-corrected chi connectivity index (χ4v) is 1.62. The van der Waals surface area contributed by atoms with Crippen LogP contribution in [0.15, 0.2) is 0 Å². The summed E-state index contributed by atoms with van der Waals surface area (Å²) in [6.45, 7) is 14.8. The maximum atomic E-state index is 5.60. The Balaban J connectivity index is 0.00000121. The van der Waals surface area contributed by atoms with Crippen LogP contribution in [0.3, 0.4) is 0 Å². The molecule has 0 atom stereocenters. The van der Waals surface area contributed by atoms with E-state index in [0.717, 1.165) is 24.2 Å². The van der Waals surface area contributed by atoms with Crippen molar-refractivity contribution in [3.63, 3.8) is 0 Å². The van der Waals surface area contributed by atoms with Gasteiger partial charge in [0.1, 0.15) is 0 Å². The zero-order valence-electron chi connectivity index (χ0n) is 12.4. The van der Waals surface area contributed by atoms with Gasteiger partial charge >= 0.3 is 0 Å². The lowest BCUT2D eigenvalue weighted by Crippen LogP contribution is -2.17. The summed E-state index contributed by atoms with van der Waals surface area (Å²) in [5, 5.41) is 0. The molecule has 3 heteroatoms. The van der Waals surface area contributed by atoms with Gasteiger partial charge in [0.15, 0.2) is 0 Å². The predicted octanol–water partition coefficient (Wildman–Crippen LogP) is 3.68. The summed E-state index contributed by atoms with van der Waals surface area (Å²) in [4.78, 5) is 8.44. The number of aromatic nitrogens is 2. The molecule has 3 nitrogen and oxygen atoms in total. The van der Waals surface area contributed by atoms with Gasteiger partial charge in [0.05, 0.1) is 0 Å². The van der Waals surface area contributed by atoms with E-state index in [1.165, 1.54) is 5.56 Å². The van der Waals surface area contributed by atoms with Gasteiger partial charge in [0, 0.05) is 11.4 Å². The normalized spacial score (nSPS) is 10.8. The number of hydrogen-bond donors (Lipinski definition) is 1. The molecule has 0 spiro atoms. The highest BCUT2D eigenvalue weighted by molar-refractivity contribution is 5.31. The summed E-state index contributed by atoms with van der Waals surface area (Å²) in [5.41, 5.74) is 9.18. The quantitative estimate of drug-likeness (QED) is 0.872. The van der Waals surface area contributed by atoms with Crippen molar-refractivity contribution >= 4 is 5.95 Å². The van der Waals surface area contributed by atoms with Crippen molar-refractivity contribution < 1.29 is 0 Å². The van der Waals surface area contributed by atoms with Crippen LogP contribution in [0, 0.1) is 19.3 Å². The Morgan fingerprint density at radius 1 is 1.06 bits per heavy atom. The lowest BCUT2D eigenvalue weighted by atomic mass is 9.82. The molecule has 0 radical (unpaired) electrons. The fourth-order valence-electron chi connectivity index (χ4n) is 1.62. The molecular formula is C14H27N3. The first-order valence-corrected chi connectivity index (χ1v) is 6.45. The largest absolute Gasteiger partial charge is 0.368 e. The maximum absolute atomic E-state index is 5.60. The highest BCUT2D eigenvalue weighted by Crippen LogP contribution is 2.27. The third kappa shape index (κ3) is 4.72. The van der Waals surface area contributed by atoms with Gasteiger partial charge in [0.2, 0.25) is 5.95 Å². The molecule has 0 aliphatic heterocycles. The zero-order valence-corrected chi connectivity index (χ0v) is 12.4. The molecule has 1 aromatic rings. The number of anilines is 1. The number of aryl methyl sites for hydroxylation is 2. The van der Waals surface area contributed by atoms with Crippen molar-refractivity contribution in [2.45, 2.75) is 61.3 Å². The van der Waals surface area contributed by atoms with Gasteiger partial charge in [-0.2, -0.15) is 0 Å². The van der Waals surface area contributed by atoms with E-state index in [4.69, 9.17) is 5.73 Å². The lowest BCUT2D eigenvalue weighted by molar-refractivity contribution is 0.347. The van der Waals surface area contributed by atoms with Crippen LogP contribution in [0.5, 0.6) is 0 Å². The van der Waals surface area contributed by atoms with Crippen LogP contribution in [0.2, 0.25) is 0 Å². The van der Waals surface area contributed by atoms with E-state index in [9.17, 15) is 0 Å². The van der Waals surface area contributed by atoms with E-state index in [0.29, 0.717) is 11.4 Å². The third-order valence-corrected chi connectivity index (χ3v) is 3.05.